The molecule has 1 heterocycles. The Labute approximate surface area is 86.6 Å². The Morgan fingerprint density at radius 3 is 2.86 bits per heavy atom. The lowest BCUT2D eigenvalue weighted by Crippen LogP contribution is -2.25. The second-order valence-corrected chi connectivity index (χ2v) is 4.87. The minimum Gasteiger partial charge on any atom is -0.506 e. The SMILES string of the molecule is CC(N)C(=O)c1sc(C2CC2)cc1O. The maximum absolute atomic E-state index is 11.5. The molecule has 1 aromatic heterocycles. The normalized spacial score (nSPS) is 18.1. The number of carbonyl (C=O) groups excluding carboxylic acids is 1. The molecule has 1 aromatic rings. The van der Waals surface area contributed by atoms with Gasteiger partial charge in [-0.25, -0.2) is 0 Å². The van der Waals surface area contributed by atoms with Crippen LogP contribution in [-0.2, 0) is 0 Å². The molecule has 1 aliphatic carbocycles. The fourth-order valence-electron chi connectivity index (χ4n) is 1.35. The molecule has 1 unspecified atom stereocenters. The van der Waals surface area contributed by atoms with E-state index in [4.69, 9.17) is 5.73 Å². The number of nitrogens with two attached hydrogens (primary N) is 1. The van der Waals surface area contributed by atoms with Crippen molar-refractivity contribution in [2.75, 3.05) is 0 Å². The summed E-state index contributed by atoms with van der Waals surface area (Å²) in [6, 6.07) is 1.17. The highest BCUT2D eigenvalue weighted by molar-refractivity contribution is 7.14. The van der Waals surface area contributed by atoms with Crippen LogP contribution in [0.15, 0.2) is 6.07 Å². The summed E-state index contributed by atoms with van der Waals surface area (Å²) in [5, 5.41) is 9.56. The zero-order valence-electron chi connectivity index (χ0n) is 7.99. The zero-order valence-corrected chi connectivity index (χ0v) is 8.80. The summed E-state index contributed by atoms with van der Waals surface area (Å²) < 4.78 is 0. The van der Waals surface area contributed by atoms with Crippen molar-refractivity contribution in [1.29, 1.82) is 0 Å². The Kier molecular flexibility index (Phi) is 2.33. The summed E-state index contributed by atoms with van der Waals surface area (Å²) in [6.07, 6.45) is 2.34. The number of aromatic hydroxyl groups is 1. The molecule has 0 bridgehead atoms. The standard InChI is InChI=1S/C10H13NO2S/c1-5(11)9(13)10-7(12)4-8(14-10)6-2-3-6/h4-6,12H,2-3,11H2,1H3. The van der Waals surface area contributed by atoms with Crippen molar-refractivity contribution in [2.24, 2.45) is 5.73 Å². The molecule has 1 saturated carbocycles. The van der Waals surface area contributed by atoms with E-state index >= 15 is 0 Å². The van der Waals surface area contributed by atoms with Gasteiger partial charge in [0.25, 0.3) is 0 Å². The first-order chi connectivity index (χ1) is 6.59. The van der Waals surface area contributed by atoms with Gasteiger partial charge in [0.05, 0.1) is 6.04 Å². The number of hydrogen-bond acceptors (Lipinski definition) is 4. The highest BCUT2D eigenvalue weighted by Gasteiger charge is 2.28. The molecule has 4 heteroatoms. The highest BCUT2D eigenvalue weighted by Crippen LogP contribution is 2.46. The quantitative estimate of drug-likeness (QED) is 0.750. The summed E-state index contributed by atoms with van der Waals surface area (Å²) in [7, 11) is 0. The van der Waals surface area contributed by atoms with Crippen LogP contribution in [-0.4, -0.2) is 16.9 Å². The summed E-state index contributed by atoms with van der Waals surface area (Å²) in [5.41, 5.74) is 5.48. The van der Waals surface area contributed by atoms with Crippen molar-refractivity contribution >= 4 is 17.1 Å². The van der Waals surface area contributed by atoms with E-state index in [0.29, 0.717) is 10.8 Å². The molecule has 3 nitrogen and oxygen atoms in total. The molecule has 1 aliphatic rings. The van der Waals surface area contributed by atoms with Crippen LogP contribution in [0.5, 0.6) is 5.75 Å². The number of Topliss-reactive ketones (excluding diaryl/α,β-unsaturated/α-hetero) is 1. The van der Waals surface area contributed by atoms with Crippen LogP contribution >= 0.6 is 11.3 Å². The van der Waals surface area contributed by atoms with Crippen LogP contribution in [0.1, 0.15) is 40.2 Å². The van der Waals surface area contributed by atoms with Gasteiger partial charge >= 0.3 is 0 Å². The van der Waals surface area contributed by atoms with E-state index in [9.17, 15) is 9.90 Å². The monoisotopic (exact) mass is 211 g/mol. The van der Waals surface area contributed by atoms with Gasteiger partial charge in [0, 0.05) is 4.88 Å². The average molecular weight is 211 g/mol. The maximum atomic E-state index is 11.5. The van der Waals surface area contributed by atoms with E-state index in [1.807, 2.05) is 0 Å². The van der Waals surface area contributed by atoms with Gasteiger partial charge in [0.1, 0.15) is 10.6 Å². The van der Waals surface area contributed by atoms with Crippen LogP contribution in [0.2, 0.25) is 0 Å². The summed E-state index contributed by atoms with van der Waals surface area (Å²) >= 11 is 1.39. The van der Waals surface area contributed by atoms with Crippen molar-refractivity contribution in [1.82, 2.24) is 0 Å². The van der Waals surface area contributed by atoms with Crippen molar-refractivity contribution in [2.45, 2.75) is 31.7 Å². The lowest BCUT2D eigenvalue weighted by molar-refractivity contribution is 0.0969. The molecule has 0 amide bonds. The molecule has 0 aromatic carbocycles. The zero-order chi connectivity index (χ0) is 10.3. The first-order valence-corrected chi connectivity index (χ1v) is 5.53. The topological polar surface area (TPSA) is 63.3 Å². The molecular formula is C10H13NO2S. The lowest BCUT2D eigenvalue weighted by Gasteiger charge is -2.00. The fourth-order valence-corrected chi connectivity index (χ4v) is 2.61. The molecule has 1 atom stereocenters. The molecule has 0 spiro atoms. The Balaban J connectivity index is 2.28. The van der Waals surface area contributed by atoms with Crippen LogP contribution in [0, 0.1) is 0 Å². The van der Waals surface area contributed by atoms with Crippen LogP contribution < -0.4 is 5.73 Å². The maximum Gasteiger partial charge on any atom is 0.192 e. The predicted molar refractivity (Wildman–Crippen MR) is 55.9 cm³/mol. The minimum absolute atomic E-state index is 0.0965. The second kappa shape index (κ2) is 3.37. The fraction of sp³-hybridized carbons (Fsp3) is 0.500. The van der Waals surface area contributed by atoms with Crippen molar-refractivity contribution < 1.29 is 9.90 Å². The average Bonchev–Trinajstić information content (AvgIpc) is 2.89. The molecule has 0 saturated heterocycles. The van der Waals surface area contributed by atoms with Gasteiger partial charge in [-0.05, 0) is 31.7 Å². The molecule has 14 heavy (non-hydrogen) atoms. The van der Waals surface area contributed by atoms with E-state index in [1.165, 1.54) is 24.2 Å². The highest BCUT2D eigenvalue weighted by atomic mass is 32.1. The third-order valence-electron chi connectivity index (χ3n) is 2.35. The lowest BCUT2D eigenvalue weighted by atomic mass is 10.2. The number of thiophene rings is 1. The molecule has 1 fully saturated rings. The first kappa shape index (κ1) is 9.68. The van der Waals surface area contributed by atoms with Gasteiger partial charge in [-0.3, -0.25) is 4.79 Å². The molecule has 0 radical (unpaired) electrons. The first-order valence-electron chi connectivity index (χ1n) is 4.72. The van der Waals surface area contributed by atoms with E-state index in [-0.39, 0.29) is 11.5 Å². The summed E-state index contributed by atoms with van der Waals surface area (Å²) in [4.78, 5) is 13.1. The summed E-state index contributed by atoms with van der Waals surface area (Å²) in [6.45, 7) is 1.64. The van der Waals surface area contributed by atoms with Crippen molar-refractivity contribution in [3.8, 4) is 5.75 Å². The number of rotatable bonds is 3. The second-order valence-electron chi connectivity index (χ2n) is 3.79. The molecule has 2 rings (SSSR count). The van der Waals surface area contributed by atoms with Crippen LogP contribution in [0.25, 0.3) is 0 Å². The van der Waals surface area contributed by atoms with Crippen LogP contribution in [0.4, 0.5) is 0 Å². The predicted octanol–water partition coefficient (Wildman–Crippen LogP) is 1.86. The van der Waals surface area contributed by atoms with E-state index in [0.717, 1.165) is 4.88 Å². The van der Waals surface area contributed by atoms with Crippen LogP contribution in [0.3, 0.4) is 0 Å². The Morgan fingerprint density at radius 1 is 1.71 bits per heavy atom. The minimum atomic E-state index is -0.536. The molecule has 0 aliphatic heterocycles. The van der Waals surface area contributed by atoms with Crippen molar-refractivity contribution in [3.05, 3.63) is 15.8 Å². The van der Waals surface area contributed by atoms with Crippen molar-refractivity contribution in [3.63, 3.8) is 0 Å². The van der Waals surface area contributed by atoms with E-state index in [2.05, 4.69) is 0 Å². The van der Waals surface area contributed by atoms with Gasteiger partial charge in [-0.15, -0.1) is 11.3 Å². The number of hydrogen-bond donors (Lipinski definition) is 2. The largest absolute Gasteiger partial charge is 0.506 e. The third kappa shape index (κ3) is 1.67. The van der Waals surface area contributed by atoms with Gasteiger partial charge in [0.2, 0.25) is 0 Å². The van der Waals surface area contributed by atoms with Gasteiger partial charge in [-0.1, -0.05) is 0 Å². The van der Waals surface area contributed by atoms with Gasteiger partial charge < -0.3 is 10.8 Å². The van der Waals surface area contributed by atoms with E-state index in [1.54, 1.807) is 13.0 Å². The molecule has 76 valence electrons. The Bertz CT molecular complexity index is 366. The Morgan fingerprint density at radius 2 is 2.36 bits per heavy atom. The third-order valence-corrected chi connectivity index (χ3v) is 3.65. The number of carbonyl (C=O) groups is 1. The smallest absolute Gasteiger partial charge is 0.192 e. The van der Waals surface area contributed by atoms with E-state index < -0.39 is 6.04 Å². The Hall–Kier alpha value is -0.870. The molecular weight excluding hydrogens is 198 g/mol. The summed E-state index contributed by atoms with van der Waals surface area (Å²) in [5.74, 6) is 0.499. The number of ketones is 1. The van der Waals surface area contributed by atoms with Gasteiger partial charge in [0.15, 0.2) is 5.78 Å². The van der Waals surface area contributed by atoms with Gasteiger partial charge in [-0.2, -0.15) is 0 Å². The molecule has 3 N–H and O–H groups in total.